The van der Waals surface area contributed by atoms with Crippen LogP contribution in [0.5, 0.6) is 5.75 Å². The van der Waals surface area contributed by atoms with Crippen molar-refractivity contribution in [2.45, 2.75) is 24.3 Å². The van der Waals surface area contributed by atoms with Crippen molar-refractivity contribution in [1.82, 2.24) is 0 Å². The first-order valence-electron chi connectivity index (χ1n) is 4.29. The van der Waals surface area contributed by atoms with Crippen LogP contribution < -0.4 is 9.88 Å². The minimum atomic E-state index is -3.60. The molecule has 0 spiro atoms. The van der Waals surface area contributed by atoms with E-state index < -0.39 is 10.0 Å². The summed E-state index contributed by atoms with van der Waals surface area (Å²) >= 11 is 0. The molecule has 1 atom stereocenters. The molecule has 5 heteroatoms. The standard InChI is InChI=1S/C9H11NO3S/c1-6-4-7-5-8(14(10,11)12)2-3-9(7)13-6/h2-3,5-6H,4H2,1H3,(H2,10,11,12)/t6-/m0/s1. The number of rotatable bonds is 1. The highest BCUT2D eigenvalue weighted by molar-refractivity contribution is 7.89. The summed E-state index contributed by atoms with van der Waals surface area (Å²) in [5.41, 5.74) is 0.907. The van der Waals surface area contributed by atoms with Gasteiger partial charge in [0.15, 0.2) is 0 Å². The van der Waals surface area contributed by atoms with Crippen molar-refractivity contribution in [3.8, 4) is 5.75 Å². The van der Waals surface area contributed by atoms with Gasteiger partial charge in [0.25, 0.3) is 0 Å². The quantitative estimate of drug-likeness (QED) is 0.745. The Labute approximate surface area is 82.7 Å². The Morgan fingerprint density at radius 2 is 2.21 bits per heavy atom. The maximum atomic E-state index is 11.1. The van der Waals surface area contributed by atoms with Crippen LogP contribution in [0.2, 0.25) is 0 Å². The van der Waals surface area contributed by atoms with E-state index in [2.05, 4.69) is 0 Å². The fourth-order valence-corrected chi connectivity index (χ4v) is 2.14. The van der Waals surface area contributed by atoms with Gasteiger partial charge >= 0.3 is 0 Å². The molecule has 0 radical (unpaired) electrons. The van der Waals surface area contributed by atoms with E-state index in [1.165, 1.54) is 6.07 Å². The third-order valence-electron chi connectivity index (χ3n) is 2.20. The smallest absolute Gasteiger partial charge is 0.238 e. The van der Waals surface area contributed by atoms with Crippen LogP contribution in [0.3, 0.4) is 0 Å². The molecule has 1 aliphatic rings. The van der Waals surface area contributed by atoms with E-state index in [4.69, 9.17) is 9.88 Å². The van der Waals surface area contributed by atoms with Crippen LogP contribution in [-0.4, -0.2) is 14.5 Å². The molecule has 1 aromatic carbocycles. The molecular formula is C9H11NO3S. The zero-order valence-corrected chi connectivity index (χ0v) is 8.54. The van der Waals surface area contributed by atoms with Crippen molar-refractivity contribution in [2.24, 2.45) is 5.14 Å². The molecule has 0 saturated heterocycles. The Bertz CT molecular complexity index is 467. The summed E-state index contributed by atoms with van der Waals surface area (Å²) in [4.78, 5) is 0.147. The summed E-state index contributed by atoms with van der Waals surface area (Å²) in [5.74, 6) is 0.755. The summed E-state index contributed by atoms with van der Waals surface area (Å²) < 4.78 is 27.5. The van der Waals surface area contributed by atoms with Crippen LogP contribution in [0.25, 0.3) is 0 Å². The van der Waals surface area contributed by atoms with Gasteiger partial charge in [0.2, 0.25) is 10.0 Å². The average Bonchev–Trinajstić information content (AvgIpc) is 2.41. The molecule has 2 rings (SSSR count). The van der Waals surface area contributed by atoms with Gasteiger partial charge in [-0.2, -0.15) is 0 Å². The van der Waals surface area contributed by atoms with Crippen molar-refractivity contribution in [3.05, 3.63) is 23.8 Å². The lowest BCUT2D eigenvalue weighted by Crippen LogP contribution is -2.12. The normalized spacial score (nSPS) is 20.3. The fraction of sp³-hybridized carbons (Fsp3) is 0.333. The average molecular weight is 213 g/mol. The van der Waals surface area contributed by atoms with Gasteiger partial charge in [-0.25, -0.2) is 13.6 Å². The molecule has 4 nitrogen and oxygen atoms in total. The van der Waals surface area contributed by atoms with Gasteiger partial charge in [-0.15, -0.1) is 0 Å². The summed E-state index contributed by atoms with van der Waals surface area (Å²) in [6.45, 7) is 1.94. The Morgan fingerprint density at radius 3 is 2.86 bits per heavy atom. The van der Waals surface area contributed by atoms with Crippen molar-refractivity contribution in [3.63, 3.8) is 0 Å². The number of hydrogen-bond acceptors (Lipinski definition) is 3. The van der Waals surface area contributed by atoms with E-state index in [1.54, 1.807) is 12.1 Å². The number of primary sulfonamides is 1. The predicted molar refractivity (Wildman–Crippen MR) is 51.6 cm³/mol. The molecule has 0 aliphatic carbocycles. The number of fused-ring (bicyclic) bond motifs is 1. The highest BCUT2D eigenvalue weighted by Crippen LogP contribution is 2.30. The molecule has 0 saturated carbocycles. The molecule has 76 valence electrons. The van der Waals surface area contributed by atoms with Crippen LogP contribution in [0.1, 0.15) is 12.5 Å². The SMILES string of the molecule is C[C@H]1Cc2cc(S(N)(=O)=O)ccc2O1. The van der Waals surface area contributed by atoms with Gasteiger partial charge in [0.1, 0.15) is 11.9 Å². The molecule has 0 bridgehead atoms. The highest BCUT2D eigenvalue weighted by Gasteiger charge is 2.20. The van der Waals surface area contributed by atoms with E-state index in [1.807, 2.05) is 6.92 Å². The van der Waals surface area contributed by atoms with Gasteiger partial charge in [-0.3, -0.25) is 0 Å². The topological polar surface area (TPSA) is 69.4 Å². The predicted octanol–water partition coefficient (Wildman–Crippen LogP) is 0.657. The fourth-order valence-electron chi connectivity index (χ4n) is 1.58. The summed E-state index contributed by atoms with van der Waals surface area (Å²) in [6, 6.07) is 4.69. The molecule has 0 unspecified atom stereocenters. The van der Waals surface area contributed by atoms with E-state index in [9.17, 15) is 8.42 Å². The second kappa shape index (κ2) is 2.96. The molecule has 1 aliphatic heterocycles. The highest BCUT2D eigenvalue weighted by atomic mass is 32.2. The van der Waals surface area contributed by atoms with E-state index in [0.717, 1.165) is 17.7 Å². The van der Waals surface area contributed by atoms with Crippen molar-refractivity contribution < 1.29 is 13.2 Å². The third kappa shape index (κ3) is 1.60. The minimum absolute atomic E-state index is 0.112. The molecule has 14 heavy (non-hydrogen) atoms. The van der Waals surface area contributed by atoms with Gasteiger partial charge in [0.05, 0.1) is 4.90 Å². The van der Waals surface area contributed by atoms with Crippen LogP contribution in [0.4, 0.5) is 0 Å². The molecular weight excluding hydrogens is 202 g/mol. The monoisotopic (exact) mass is 213 g/mol. The van der Waals surface area contributed by atoms with Crippen molar-refractivity contribution >= 4 is 10.0 Å². The first-order chi connectivity index (χ1) is 6.47. The van der Waals surface area contributed by atoms with Gasteiger partial charge < -0.3 is 4.74 Å². The largest absolute Gasteiger partial charge is 0.490 e. The zero-order valence-electron chi connectivity index (χ0n) is 7.73. The Kier molecular flexibility index (Phi) is 2.01. The summed E-state index contributed by atoms with van der Waals surface area (Å²) in [7, 11) is -3.60. The van der Waals surface area contributed by atoms with Crippen molar-refractivity contribution in [2.75, 3.05) is 0 Å². The second-order valence-electron chi connectivity index (χ2n) is 3.45. The van der Waals surface area contributed by atoms with Crippen LogP contribution in [0.15, 0.2) is 23.1 Å². The Balaban J connectivity index is 2.48. The number of benzene rings is 1. The van der Waals surface area contributed by atoms with Gasteiger partial charge in [0, 0.05) is 6.42 Å². The molecule has 0 fully saturated rings. The van der Waals surface area contributed by atoms with Crippen LogP contribution in [-0.2, 0) is 16.4 Å². The first kappa shape index (κ1) is 9.48. The zero-order chi connectivity index (χ0) is 10.3. The molecule has 2 N–H and O–H groups in total. The molecule has 1 aromatic rings. The maximum absolute atomic E-state index is 11.1. The van der Waals surface area contributed by atoms with Crippen LogP contribution >= 0.6 is 0 Å². The van der Waals surface area contributed by atoms with E-state index in [-0.39, 0.29) is 11.0 Å². The first-order valence-corrected chi connectivity index (χ1v) is 5.84. The second-order valence-corrected chi connectivity index (χ2v) is 5.01. The maximum Gasteiger partial charge on any atom is 0.238 e. The lowest BCUT2D eigenvalue weighted by molar-refractivity contribution is 0.254. The number of sulfonamides is 1. The van der Waals surface area contributed by atoms with E-state index in [0.29, 0.717) is 0 Å². The van der Waals surface area contributed by atoms with Gasteiger partial charge in [-0.1, -0.05) is 0 Å². The third-order valence-corrected chi connectivity index (χ3v) is 3.11. The molecule has 1 heterocycles. The molecule has 0 amide bonds. The Morgan fingerprint density at radius 1 is 1.50 bits per heavy atom. The minimum Gasteiger partial charge on any atom is -0.490 e. The van der Waals surface area contributed by atoms with Gasteiger partial charge in [-0.05, 0) is 30.7 Å². The number of ether oxygens (including phenoxy) is 1. The van der Waals surface area contributed by atoms with Crippen molar-refractivity contribution in [1.29, 1.82) is 0 Å². The summed E-state index contributed by atoms with van der Waals surface area (Å²) in [6.07, 6.45) is 0.847. The van der Waals surface area contributed by atoms with Crippen LogP contribution in [0, 0.1) is 0 Å². The Hall–Kier alpha value is -1.07. The lowest BCUT2D eigenvalue weighted by Gasteiger charge is -2.02. The summed E-state index contributed by atoms with van der Waals surface area (Å²) in [5, 5.41) is 5.02. The molecule has 0 aromatic heterocycles. The lowest BCUT2D eigenvalue weighted by atomic mass is 10.1. The van der Waals surface area contributed by atoms with E-state index >= 15 is 0 Å². The number of hydrogen-bond donors (Lipinski definition) is 1. The number of nitrogens with two attached hydrogens (primary N) is 1.